The molecule has 3 N–H and O–H groups in total. The van der Waals surface area contributed by atoms with Gasteiger partial charge in [-0.1, -0.05) is 18.2 Å². The van der Waals surface area contributed by atoms with Crippen molar-refractivity contribution in [3.63, 3.8) is 0 Å². The van der Waals surface area contributed by atoms with Crippen LogP contribution in [-0.2, 0) is 14.3 Å². The number of carbonyl (C=O) groups excluding carboxylic acids is 2. The number of benzene rings is 3. The van der Waals surface area contributed by atoms with Crippen LogP contribution in [0.3, 0.4) is 0 Å². The first-order valence-electron chi connectivity index (χ1n) is 14.2. The number of nitrogens with two attached hydrogens (primary N) is 1. The third kappa shape index (κ3) is 6.00. The zero-order chi connectivity index (χ0) is 33.8. The number of nitrogens with zero attached hydrogens (tertiary/aromatic N) is 1. The van der Waals surface area contributed by atoms with Gasteiger partial charge in [0.25, 0.3) is 11.5 Å². The molecule has 0 bridgehead atoms. The van der Waals surface area contributed by atoms with Gasteiger partial charge in [0, 0.05) is 11.3 Å². The average Bonchev–Trinajstić information content (AvgIpc) is 3.42. The molecule has 0 saturated heterocycles. The molecule has 1 atom stereocenters. The fourth-order valence-electron chi connectivity index (χ4n) is 5.40. The lowest BCUT2D eigenvalue weighted by molar-refractivity contribution is -0.136. The number of hydrogen-bond acceptors (Lipinski definition) is 11. The van der Waals surface area contributed by atoms with E-state index in [2.05, 4.69) is 5.32 Å². The van der Waals surface area contributed by atoms with Gasteiger partial charge in [-0.3, -0.25) is 14.2 Å². The number of nitrogens with one attached hydrogen (secondary N) is 1. The first-order valence-corrected chi connectivity index (χ1v) is 15.0. The van der Waals surface area contributed by atoms with Gasteiger partial charge < -0.3 is 39.5 Å². The summed E-state index contributed by atoms with van der Waals surface area (Å²) in [5.41, 5.74) is 7.54. The predicted molar refractivity (Wildman–Crippen MR) is 178 cm³/mol. The second kappa shape index (κ2) is 13.7. The van der Waals surface area contributed by atoms with Gasteiger partial charge in [-0.05, 0) is 54.1 Å². The van der Waals surface area contributed by atoms with Gasteiger partial charge in [-0.2, -0.15) is 0 Å². The minimum absolute atomic E-state index is 0.0658. The fraction of sp³-hybridized carbons (Fsp3) is 0.206. The molecule has 244 valence electrons. The number of anilines is 1. The third-order valence-corrected chi connectivity index (χ3v) is 8.70. The Morgan fingerprint density at radius 3 is 2.15 bits per heavy atom. The van der Waals surface area contributed by atoms with E-state index in [0.29, 0.717) is 39.8 Å². The van der Waals surface area contributed by atoms with Gasteiger partial charge >= 0.3 is 5.97 Å². The fourth-order valence-corrected chi connectivity index (χ4v) is 6.57. The molecule has 0 aliphatic carbocycles. The van der Waals surface area contributed by atoms with Crippen molar-refractivity contribution in [3.8, 4) is 28.7 Å². The van der Waals surface area contributed by atoms with E-state index in [1.807, 2.05) is 0 Å². The molecule has 0 fully saturated rings. The van der Waals surface area contributed by atoms with Crippen molar-refractivity contribution in [2.75, 3.05) is 48.0 Å². The maximum Gasteiger partial charge on any atom is 0.338 e. The van der Waals surface area contributed by atoms with E-state index in [-0.39, 0.29) is 31.9 Å². The number of carbonyl (C=O) groups is 2. The largest absolute Gasteiger partial charge is 0.497 e. The molecule has 13 heteroatoms. The van der Waals surface area contributed by atoms with E-state index in [1.54, 1.807) is 66.7 Å². The highest BCUT2D eigenvalue weighted by Gasteiger charge is 2.41. The van der Waals surface area contributed by atoms with Gasteiger partial charge in [-0.15, -0.1) is 11.3 Å². The summed E-state index contributed by atoms with van der Waals surface area (Å²) >= 11 is 1.05. The molecule has 47 heavy (non-hydrogen) atoms. The molecule has 3 aromatic carbocycles. The zero-order valence-electron chi connectivity index (χ0n) is 26.5. The Morgan fingerprint density at radius 2 is 1.53 bits per heavy atom. The number of amides is 1. The number of ether oxygens (including phenoxy) is 6. The summed E-state index contributed by atoms with van der Waals surface area (Å²) in [6.07, 6.45) is 1.64. The molecule has 1 aromatic heterocycles. The van der Waals surface area contributed by atoms with Crippen molar-refractivity contribution in [3.05, 3.63) is 96.9 Å². The standard InChI is InChI=1S/C34H33N3O9S/c1-41-20-13-11-19(12-14-20)36-31(38)28-26(21-8-7-9-23(43-3)29(21)45-5)27(34(40)46-6)30(35)37-32(39)25(47-33(28)37)17-18-10-15-22(42-2)24(16-18)44-4/h7-17,26H,35H2,1-6H3,(H,36,38)/b25-17+. The summed E-state index contributed by atoms with van der Waals surface area (Å²) in [4.78, 5) is 42.0. The van der Waals surface area contributed by atoms with Crippen LogP contribution in [0.4, 0.5) is 5.69 Å². The third-order valence-electron chi connectivity index (χ3n) is 7.60. The van der Waals surface area contributed by atoms with E-state index in [0.717, 1.165) is 15.9 Å². The molecule has 4 aromatic rings. The van der Waals surface area contributed by atoms with Crippen LogP contribution in [0.15, 0.2) is 71.0 Å². The van der Waals surface area contributed by atoms with Crippen LogP contribution >= 0.6 is 11.3 Å². The maximum atomic E-state index is 14.4. The van der Waals surface area contributed by atoms with Crippen molar-refractivity contribution < 1.29 is 38.0 Å². The summed E-state index contributed by atoms with van der Waals surface area (Å²) in [5, 5.41) is 2.90. The quantitative estimate of drug-likeness (QED) is 0.244. The Balaban J connectivity index is 1.86. The molecule has 12 nitrogen and oxygen atoms in total. The van der Waals surface area contributed by atoms with Crippen LogP contribution in [0.25, 0.3) is 17.5 Å². The normalized spacial score (nSPS) is 14.3. The van der Waals surface area contributed by atoms with Crippen molar-refractivity contribution in [2.24, 2.45) is 5.73 Å². The number of hydrogen-bond donors (Lipinski definition) is 2. The molecule has 1 unspecified atom stereocenters. The Morgan fingerprint density at radius 1 is 0.830 bits per heavy atom. The first kappa shape index (κ1) is 32.7. The van der Waals surface area contributed by atoms with E-state index >= 15 is 0 Å². The van der Waals surface area contributed by atoms with E-state index in [4.69, 9.17) is 34.2 Å². The number of rotatable bonds is 10. The van der Waals surface area contributed by atoms with Crippen LogP contribution < -0.4 is 49.5 Å². The summed E-state index contributed by atoms with van der Waals surface area (Å²) < 4.78 is 34.1. The number of thiazole rings is 1. The highest BCUT2D eigenvalue weighted by Crippen LogP contribution is 2.44. The lowest BCUT2D eigenvalue weighted by atomic mass is 9.82. The highest BCUT2D eigenvalue weighted by molar-refractivity contribution is 7.07. The van der Waals surface area contributed by atoms with Crippen molar-refractivity contribution in [1.29, 1.82) is 0 Å². The van der Waals surface area contributed by atoms with Crippen molar-refractivity contribution in [2.45, 2.75) is 5.92 Å². The molecule has 1 amide bonds. The van der Waals surface area contributed by atoms with Gasteiger partial charge in [0.2, 0.25) is 0 Å². The number of aromatic nitrogens is 1. The summed E-state index contributed by atoms with van der Waals surface area (Å²) in [7, 11) is 8.69. The summed E-state index contributed by atoms with van der Waals surface area (Å²) in [6.45, 7) is 0. The Hall–Kier alpha value is -5.69. The Bertz CT molecular complexity index is 2060. The van der Waals surface area contributed by atoms with E-state index in [1.165, 1.54) is 42.7 Å². The molecule has 5 rings (SSSR count). The second-order valence-corrected chi connectivity index (χ2v) is 11.1. The minimum Gasteiger partial charge on any atom is -0.497 e. The van der Waals surface area contributed by atoms with Crippen LogP contribution in [0.5, 0.6) is 28.7 Å². The molecule has 0 saturated carbocycles. The average molecular weight is 660 g/mol. The van der Waals surface area contributed by atoms with Crippen LogP contribution in [0.1, 0.15) is 17.0 Å². The van der Waals surface area contributed by atoms with Gasteiger partial charge in [0.05, 0.1) is 64.3 Å². The monoisotopic (exact) mass is 659 g/mol. The van der Waals surface area contributed by atoms with E-state index in [9.17, 15) is 14.4 Å². The summed E-state index contributed by atoms with van der Waals surface area (Å²) in [5.74, 6) is -0.526. The second-order valence-electron chi connectivity index (χ2n) is 10.1. The van der Waals surface area contributed by atoms with Gasteiger partial charge in [0.1, 0.15) is 16.2 Å². The Kier molecular flexibility index (Phi) is 9.56. The van der Waals surface area contributed by atoms with Crippen molar-refractivity contribution >= 4 is 46.4 Å². The van der Waals surface area contributed by atoms with E-state index < -0.39 is 23.4 Å². The molecule has 2 heterocycles. The van der Waals surface area contributed by atoms with Gasteiger partial charge in [0.15, 0.2) is 23.0 Å². The summed E-state index contributed by atoms with van der Waals surface area (Å²) in [6, 6.07) is 17.0. The lowest BCUT2D eigenvalue weighted by Gasteiger charge is -2.28. The highest BCUT2D eigenvalue weighted by atomic mass is 32.1. The molecule has 1 aliphatic rings. The maximum absolute atomic E-state index is 14.4. The zero-order valence-corrected chi connectivity index (χ0v) is 27.4. The molecule has 1 aliphatic heterocycles. The molecular formula is C34H33N3O9S. The number of methoxy groups -OCH3 is 6. The Labute approximate surface area is 273 Å². The smallest absolute Gasteiger partial charge is 0.338 e. The van der Waals surface area contributed by atoms with Crippen LogP contribution in [-0.4, -0.2) is 59.1 Å². The molecule has 0 radical (unpaired) electrons. The SMILES string of the molecule is COC(=O)C1=C(N)n2c(s/c(=C/c3ccc(OC)c(OC)c3)c2=O)=C(C(=O)Nc2ccc(OC)cc2)C1c1cccc(OC)c1OC. The molecule has 0 spiro atoms. The molecular weight excluding hydrogens is 626 g/mol. The predicted octanol–water partition coefficient (Wildman–Crippen LogP) is 2.67. The first-order chi connectivity index (χ1) is 22.7. The number of para-hydroxylation sites is 1. The van der Waals surface area contributed by atoms with Gasteiger partial charge in [-0.25, -0.2) is 4.79 Å². The van der Waals surface area contributed by atoms with Crippen LogP contribution in [0, 0.1) is 0 Å². The topological polar surface area (TPSA) is 150 Å². The minimum atomic E-state index is -1.13. The lowest BCUT2D eigenvalue weighted by Crippen LogP contribution is -2.42. The van der Waals surface area contributed by atoms with Crippen molar-refractivity contribution in [1.82, 2.24) is 4.57 Å². The van der Waals surface area contributed by atoms with Crippen LogP contribution in [0.2, 0.25) is 0 Å². The number of fused-ring (bicyclic) bond motifs is 1. The number of esters is 1.